The fourth-order valence-electron chi connectivity index (χ4n) is 2.31. The fraction of sp³-hybridized carbons (Fsp3) is 0.412. The summed E-state index contributed by atoms with van der Waals surface area (Å²) in [6.45, 7) is 9.50. The van der Waals surface area contributed by atoms with Crippen LogP contribution in [0, 0.1) is 0 Å². The fourth-order valence-corrected chi connectivity index (χ4v) is 2.31. The van der Waals surface area contributed by atoms with E-state index in [1.807, 2.05) is 18.4 Å². The predicted octanol–water partition coefficient (Wildman–Crippen LogP) is 4.83. The Kier molecular flexibility index (Phi) is 4.80. The first-order valence-corrected chi connectivity index (χ1v) is 7.12. The molecule has 1 N–H and O–H groups in total. The van der Waals surface area contributed by atoms with Crippen LogP contribution in [-0.4, -0.2) is 6.54 Å². The number of furan rings is 1. The molecule has 1 aromatic carbocycles. The first kappa shape index (κ1) is 13.9. The van der Waals surface area contributed by atoms with E-state index in [1.165, 1.54) is 16.5 Å². The summed E-state index contributed by atoms with van der Waals surface area (Å²) in [7, 11) is 0. The zero-order chi connectivity index (χ0) is 13.7. The van der Waals surface area contributed by atoms with Crippen molar-refractivity contribution in [1.29, 1.82) is 0 Å². The van der Waals surface area contributed by atoms with Gasteiger partial charge in [-0.25, -0.2) is 0 Å². The van der Waals surface area contributed by atoms with E-state index in [0.29, 0.717) is 6.04 Å². The molecule has 1 heterocycles. The lowest BCUT2D eigenvalue weighted by atomic mass is 9.98. The largest absolute Gasteiger partial charge is 0.464 e. The Hall–Kier alpha value is -1.54. The van der Waals surface area contributed by atoms with Crippen molar-refractivity contribution in [2.24, 2.45) is 0 Å². The molecule has 2 heteroatoms. The minimum Gasteiger partial charge on any atom is -0.464 e. The van der Waals surface area contributed by atoms with E-state index in [-0.39, 0.29) is 0 Å². The second-order valence-electron chi connectivity index (χ2n) is 5.00. The molecule has 0 radical (unpaired) electrons. The minimum atomic E-state index is 0.302. The van der Waals surface area contributed by atoms with Gasteiger partial charge in [0, 0.05) is 17.0 Å². The zero-order valence-electron chi connectivity index (χ0n) is 11.9. The lowest BCUT2D eigenvalue weighted by Crippen LogP contribution is -2.22. The van der Waals surface area contributed by atoms with Crippen molar-refractivity contribution in [1.82, 2.24) is 5.32 Å². The maximum Gasteiger partial charge on any atom is 0.134 e. The van der Waals surface area contributed by atoms with Crippen molar-refractivity contribution in [3.63, 3.8) is 0 Å². The molecule has 1 unspecified atom stereocenters. The Morgan fingerprint density at radius 2 is 2.11 bits per heavy atom. The second kappa shape index (κ2) is 6.58. The first-order chi connectivity index (χ1) is 9.26. The molecule has 0 saturated heterocycles. The van der Waals surface area contributed by atoms with Crippen molar-refractivity contribution in [3.8, 4) is 0 Å². The van der Waals surface area contributed by atoms with E-state index >= 15 is 0 Å². The number of hydrogen-bond donors (Lipinski definition) is 1. The monoisotopic (exact) mass is 257 g/mol. The average Bonchev–Trinajstić information content (AvgIpc) is 2.87. The molecule has 19 heavy (non-hydrogen) atoms. The molecule has 102 valence electrons. The quantitative estimate of drug-likeness (QED) is 0.719. The van der Waals surface area contributed by atoms with Crippen LogP contribution in [0.3, 0.4) is 0 Å². The highest BCUT2D eigenvalue weighted by Crippen LogP contribution is 2.30. The third-order valence-electron chi connectivity index (χ3n) is 3.52. The van der Waals surface area contributed by atoms with E-state index in [4.69, 9.17) is 4.42 Å². The lowest BCUT2D eigenvalue weighted by Gasteiger charge is -2.18. The van der Waals surface area contributed by atoms with Crippen molar-refractivity contribution < 1.29 is 4.42 Å². The molecule has 0 fully saturated rings. The highest BCUT2D eigenvalue weighted by atomic mass is 16.3. The predicted molar refractivity (Wildman–Crippen MR) is 81.3 cm³/mol. The molecule has 1 atom stereocenters. The van der Waals surface area contributed by atoms with Gasteiger partial charge in [0.25, 0.3) is 0 Å². The van der Waals surface area contributed by atoms with Gasteiger partial charge in [0.05, 0.1) is 6.26 Å². The summed E-state index contributed by atoms with van der Waals surface area (Å²) in [5, 5.41) is 4.82. The van der Waals surface area contributed by atoms with Crippen molar-refractivity contribution in [3.05, 3.63) is 48.2 Å². The third-order valence-corrected chi connectivity index (χ3v) is 3.52. The Morgan fingerprint density at radius 3 is 2.84 bits per heavy atom. The van der Waals surface area contributed by atoms with Gasteiger partial charge < -0.3 is 9.73 Å². The van der Waals surface area contributed by atoms with E-state index in [1.54, 1.807) is 0 Å². The van der Waals surface area contributed by atoms with Gasteiger partial charge in [-0.1, -0.05) is 44.2 Å². The number of hydrogen-bond acceptors (Lipinski definition) is 2. The SMILES string of the molecule is C=C(CC)CC(NCCC)c1coc2ccccc12. The molecule has 0 amide bonds. The minimum absolute atomic E-state index is 0.302. The molecule has 1 aromatic heterocycles. The molecular formula is C17H23NO. The topological polar surface area (TPSA) is 25.2 Å². The van der Waals surface area contributed by atoms with Gasteiger partial charge in [0.15, 0.2) is 0 Å². The van der Waals surface area contributed by atoms with Gasteiger partial charge in [-0.2, -0.15) is 0 Å². The molecule has 2 rings (SSSR count). The van der Waals surface area contributed by atoms with E-state index in [0.717, 1.165) is 31.4 Å². The Labute approximate surface area is 115 Å². The van der Waals surface area contributed by atoms with Crippen LogP contribution in [0.2, 0.25) is 0 Å². The molecular weight excluding hydrogens is 234 g/mol. The third kappa shape index (κ3) is 3.27. The molecule has 0 aliphatic carbocycles. The number of fused-ring (bicyclic) bond motifs is 1. The summed E-state index contributed by atoms with van der Waals surface area (Å²) in [6.07, 6.45) is 5.02. The van der Waals surface area contributed by atoms with E-state index in [9.17, 15) is 0 Å². The van der Waals surface area contributed by atoms with Crippen LogP contribution in [0.4, 0.5) is 0 Å². The number of benzene rings is 1. The average molecular weight is 257 g/mol. The Morgan fingerprint density at radius 1 is 1.32 bits per heavy atom. The van der Waals surface area contributed by atoms with Crippen LogP contribution in [0.25, 0.3) is 11.0 Å². The molecule has 0 aliphatic rings. The highest BCUT2D eigenvalue weighted by Gasteiger charge is 2.16. The number of para-hydroxylation sites is 1. The van der Waals surface area contributed by atoms with Crippen LogP contribution >= 0.6 is 0 Å². The maximum absolute atomic E-state index is 5.66. The van der Waals surface area contributed by atoms with Crippen LogP contribution in [0.1, 0.15) is 44.7 Å². The molecule has 0 aliphatic heterocycles. The molecule has 0 spiro atoms. The smallest absolute Gasteiger partial charge is 0.134 e. The van der Waals surface area contributed by atoms with Crippen LogP contribution in [-0.2, 0) is 0 Å². The second-order valence-corrected chi connectivity index (χ2v) is 5.00. The Balaban J connectivity index is 2.28. The van der Waals surface area contributed by atoms with Gasteiger partial charge in [-0.05, 0) is 31.9 Å². The number of nitrogens with one attached hydrogen (secondary N) is 1. The van der Waals surface area contributed by atoms with Gasteiger partial charge >= 0.3 is 0 Å². The van der Waals surface area contributed by atoms with Crippen molar-refractivity contribution in [2.45, 2.75) is 39.2 Å². The molecule has 2 aromatic rings. The maximum atomic E-state index is 5.66. The van der Waals surface area contributed by atoms with Crippen molar-refractivity contribution >= 4 is 11.0 Å². The zero-order valence-corrected chi connectivity index (χ0v) is 11.9. The number of rotatable bonds is 7. The van der Waals surface area contributed by atoms with Crippen molar-refractivity contribution in [2.75, 3.05) is 6.54 Å². The van der Waals surface area contributed by atoms with Crippen LogP contribution in [0.5, 0.6) is 0 Å². The summed E-state index contributed by atoms with van der Waals surface area (Å²) in [6, 6.07) is 8.52. The summed E-state index contributed by atoms with van der Waals surface area (Å²) in [4.78, 5) is 0. The molecule has 0 saturated carbocycles. The normalized spacial score (nSPS) is 12.7. The molecule has 0 bridgehead atoms. The van der Waals surface area contributed by atoms with E-state index < -0.39 is 0 Å². The summed E-state index contributed by atoms with van der Waals surface area (Å²) < 4.78 is 5.66. The summed E-state index contributed by atoms with van der Waals surface area (Å²) >= 11 is 0. The summed E-state index contributed by atoms with van der Waals surface area (Å²) in [5.74, 6) is 0. The van der Waals surface area contributed by atoms with E-state index in [2.05, 4.69) is 37.9 Å². The first-order valence-electron chi connectivity index (χ1n) is 7.12. The highest BCUT2D eigenvalue weighted by molar-refractivity contribution is 5.81. The van der Waals surface area contributed by atoms with Gasteiger partial charge in [0.2, 0.25) is 0 Å². The molecule has 2 nitrogen and oxygen atoms in total. The summed E-state index contributed by atoms with van der Waals surface area (Å²) in [5.41, 5.74) is 3.49. The van der Waals surface area contributed by atoms with Crippen LogP contribution in [0.15, 0.2) is 47.1 Å². The van der Waals surface area contributed by atoms with Gasteiger partial charge in [-0.3, -0.25) is 0 Å². The lowest BCUT2D eigenvalue weighted by molar-refractivity contribution is 0.514. The van der Waals surface area contributed by atoms with Crippen LogP contribution < -0.4 is 5.32 Å². The standard InChI is InChI=1S/C17H23NO/c1-4-10-18-16(11-13(3)5-2)15-12-19-17-9-7-6-8-14(15)17/h6-9,12,16,18H,3-5,10-11H2,1-2H3. The van der Waals surface area contributed by atoms with Gasteiger partial charge in [0.1, 0.15) is 5.58 Å². The van der Waals surface area contributed by atoms with Gasteiger partial charge in [-0.15, -0.1) is 0 Å². The Bertz CT molecular complexity index is 541.